The van der Waals surface area contributed by atoms with Crippen LogP contribution in [0.25, 0.3) is 134 Å². The maximum Gasteiger partial charge on any atom is 0.160 e. The first-order chi connectivity index (χ1) is 28.7. The summed E-state index contributed by atoms with van der Waals surface area (Å²) in [4.78, 5) is 10.7. The van der Waals surface area contributed by atoms with E-state index in [1.807, 2.05) is 11.3 Å². The SMILES string of the molecule is c1cc2ccc3c4c2c(c1)oc1cccc2ccc(c4c21)n3-c1ccc2cc(-c3nc(-c4ccc5sc6ccccc6c5c4)c4sc5ccccc5c4n3)ccc2c1. The average Bonchev–Trinajstić information content (AvgIpc) is 3.92. The van der Waals surface area contributed by atoms with Gasteiger partial charge in [0.1, 0.15) is 11.2 Å². The summed E-state index contributed by atoms with van der Waals surface area (Å²) in [6.45, 7) is 0. The van der Waals surface area contributed by atoms with Gasteiger partial charge in [-0.05, 0) is 88.3 Å². The molecule has 0 unspecified atom stereocenters. The quantitative estimate of drug-likeness (QED) is 0.180. The van der Waals surface area contributed by atoms with Crippen LogP contribution < -0.4 is 0 Å². The maximum atomic E-state index is 6.65. The molecule has 5 heterocycles. The summed E-state index contributed by atoms with van der Waals surface area (Å²) in [5.74, 6) is 0.733. The van der Waals surface area contributed by atoms with Crippen molar-refractivity contribution < 1.29 is 4.42 Å². The van der Waals surface area contributed by atoms with E-state index in [4.69, 9.17) is 14.4 Å². The van der Waals surface area contributed by atoms with Crippen molar-refractivity contribution in [3.63, 3.8) is 0 Å². The van der Waals surface area contributed by atoms with Crippen LogP contribution in [0.15, 0.2) is 168 Å². The molecule has 0 bridgehead atoms. The summed E-state index contributed by atoms with van der Waals surface area (Å²) in [5, 5.41) is 13.2. The van der Waals surface area contributed by atoms with E-state index < -0.39 is 0 Å². The zero-order chi connectivity index (χ0) is 37.6. The minimum Gasteiger partial charge on any atom is -0.456 e. The Bertz CT molecular complexity index is 3950. The average molecular weight is 774 g/mol. The van der Waals surface area contributed by atoms with Crippen LogP contribution in [-0.2, 0) is 0 Å². The molecule has 6 heteroatoms. The van der Waals surface area contributed by atoms with Crippen molar-refractivity contribution in [1.82, 2.24) is 14.5 Å². The topological polar surface area (TPSA) is 43.9 Å². The highest BCUT2D eigenvalue weighted by Gasteiger charge is 2.22. The summed E-state index contributed by atoms with van der Waals surface area (Å²) in [7, 11) is 0. The fourth-order valence-corrected chi connectivity index (χ4v) is 11.8. The second kappa shape index (κ2) is 11.3. The van der Waals surface area contributed by atoms with E-state index in [9.17, 15) is 0 Å². The molecule has 0 N–H and O–H groups in total. The van der Waals surface area contributed by atoms with Gasteiger partial charge in [0.15, 0.2) is 5.82 Å². The molecule has 0 saturated carbocycles. The largest absolute Gasteiger partial charge is 0.456 e. The van der Waals surface area contributed by atoms with E-state index >= 15 is 0 Å². The van der Waals surface area contributed by atoms with Crippen LogP contribution in [0.2, 0.25) is 0 Å². The molecule has 0 aliphatic carbocycles. The molecule has 0 spiro atoms. The standard InChI is InChI=1S/C52H27N3OS2/c1-3-13-42-35(9-1)37-27-32(20-24-44(37)57-42)49-51-50(36-10-2-4-14-43(36)58-51)54-52(53-49)33-16-15-31-26-34(21-17-30(31)25-33)55-38-22-18-28-7-5-11-40-45(28)47(38)48-39(55)23-19-29-8-6-12-41(56-40)46(29)48/h1-27H. The van der Waals surface area contributed by atoms with Crippen LogP contribution in [0.4, 0.5) is 0 Å². The Morgan fingerprint density at radius 2 is 1.07 bits per heavy atom. The number of thiophene rings is 2. The zero-order valence-corrected chi connectivity index (χ0v) is 32.3. The molecule has 5 aromatic heterocycles. The minimum absolute atomic E-state index is 0.733. The van der Waals surface area contributed by atoms with E-state index in [2.05, 4.69) is 168 Å². The summed E-state index contributed by atoms with van der Waals surface area (Å²) in [6.07, 6.45) is 0. The van der Waals surface area contributed by atoms with Gasteiger partial charge in [0.2, 0.25) is 0 Å². The van der Waals surface area contributed by atoms with Crippen LogP contribution in [0.3, 0.4) is 0 Å². The maximum absolute atomic E-state index is 6.65. The summed E-state index contributed by atoms with van der Waals surface area (Å²) >= 11 is 3.62. The van der Waals surface area contributed by atoms with E-state index in [0.29, 0.717) is 0 Å². The van der Waals surface area contributed by atoms with Gasteiger partial charge in [-0.15, -0.1) is 22.7 Å². The van der Waals surface area contributed by atoms with Crippen molar-refractivity contribution in [1.29, 1.82) is 0 Å². The molecule has 14 rings (SSSR count). The van der Waals surface area contributed by atoms with Crippen LogP contribution >= 0.6 is 22.7 Å². The van der Waals surface area contributed by atoms with Gasteiger partial charge < -0.3 is 8.98 Å². The van der Waals surface area contributed by atoms with Crippen molar-refractivity contribution in [3.8, 4) is 28.3 Å². The molecule has 0 aliphatic heterocycles. The second-order valence-corrected chi connectivity index (χ2v) is 17.4. The Kier molecular flexibility index (Phi) is 6.02. The number of nitrogens with zero attached hydrogens (tertiary/aromatic N) is 3. The smallest absolute Gasteiger partial charge is 0.160 e. The monoisotopic (exact) mass is 773 g/mol. The zero-order valence-electron chi connectivity index (χ0n) is 30.7. The highest BCUT2D eigenvalue weighted by atomic mass is 32.1. The van der Waals surface area contributed by atoms with Gasteiger partial charge in [-0.1, -0.05) is 97.1 Å². The summed E-state index contributed by atoms with van der Waals surface area (Å²) < 4.78 is 14.0. The normalized spacial score (nSPS) is 12.5. The number of fused-ring (bicyclic) bond motifs is 7. The van der Waals surface area contributed by atoms with Crippen molar-refractivity contribution >= 4 is 128 Å². The third-order valence-electron chi connectivity index (χ3n) is 12.1. The van der Waals surface area contributed by atoms with Gasteiger partial charge in [-0.3, -0.25) is 0 Å². The molecule has 58 heavy (non-hydrogen) atoms. The second-order valence-electron chi connectivity index (χ2n) is 15.3. The number of hydrogen-bond donors (Lipinski definition) is 0. The first kappa shape index (κ1) is 31.0. The molecule has 14 aromatic rings. The third-order valence-corrected chi connectivity index (χ3v) is 14.5. The molecular weight excluding hydrogens is 747 g/mol. The highest BCUT2D eigenvalue weighted by molar-refractivity contribution is 7.26. The van der Waals surface area contributed by atoms with E-state index in [1.165, 1.54) is 57.5 Å². The fourth-order valence-electron chi connectivity index (χ4n) is 9.54. The van der Waals surface area contributed by atoms with Gasteiger partial charge in [0, 0.05) is 68.6 Å². The molecule has 0 saturated heterocycles. The Morgan fingerprint density at radius 3 is 1.84 bits per heavy atom. The van der Waals surface area contributed by atoms with E-state index in [0.717, 1.165) is 76.6 Å². The molecule has 0 radical (unpaired) electrons. The van der Waals surface area contributed by atoms with Crippen molar-refractivity contribution in [2.24, 2.45) is 0 Å². The van der Waals surface area contributed by atoms with Gasteiger partial charge in [-0.25, -0.2) is 9.97 Å². The van der Waals surface area contributed by atoms with Crippen LogP contribution in [-0.4, -0.2) is 14.5 Å². The van der Waals surface area contributed by atoms with Crippen molar-refractivity contribution in [3.05, 3.63) is 164 Å². The number of aromatic nitrogens is 3. The number of rotatable bonds is 3. The van der Waals surface area contributed by atoms with Crippen LogP contribution in [0, 0.1) is 0 Å². The first-order valence-electron chi connectivity index (χ1n) is 19.5. The minimum atomic E-state index is 0.733. The van der Waals surface area contributed by atoms with Gasteiger partial charge in [0.25, 0.3) is 0 Å². The van der Waals surface area contributed by atoms with E-state index in [-0.39, 0.29) is 0 Å². The molecule has 0 fully saturated rings. The van der Waals surface area contributed by atoms with Gasteiger partial charge in [0.05, 0.1) is 26.9 Å². The predicted molar refractivity (Wildman–Crippen MR) is 246 cm³/mol. The fraction of sp³-hybridized carbons (Fsp3) is 0. The van der Waals surface area contributed by atoms with Gasteiger partial charge in [-0.2, -0.15) is 0 Å². The predicted octanol–water partition coefficient (Wildman–Crippen LogP) is 15.3. The van der Waals surface area contributed by atoms with Gasteiger partial charge >= 0.3 is 0 Å². The molecule has 9 aromatic carbocycles. The Balaban J connectivity index is 0.963. The first-order valence-corrected chi connectivity index (χ1v) is 21.1. The third kappa shape index (κ3) is 4.17. The van der Waals surface area contributed by atoms with E-state index in [1.54, 1.807) is 11.3 Å². The number of hydrogen-bond acceptors (Lipinski definition) is 5. The molecule has 4 nitrogen and oxygen atoms in total. The Morgan fingerprint density at radius 1 is 0.431 bits per heavy atom. The molecular formula is C52H27N3OS2. The highest BCUT2D eigenvalue weighted by Crippen LogP contribution is 2.46. The summed E-state index contributed by atoms with van der Waals surface area (Å²) in [6, 6.07) is 59.3. The molecule has 0 aliphatic rings. The Labute approximate surface area is 337 Å². The lowest BCUT2D eigenvalue weighted by Gasteiger charge is -2.12. The van der Waals surface area contributed by atoms with Crippen LogP contribution in [0.1, 0.15) is 0 Å². The Hall–Kier alpha value is -7.12. The van der Waals surface area contributed by atoms with Crippen molar-refractivity contribution in [2.75, 3.05) is 0 Å². The lowest BCUT2D eigenvalue weighted by atomic mass is 10.00. The summed E-state index contributed by atoms with van der Waals surface area (Å²) in [5.41, 5.74) is 9.35. The van der Waals surface area contributed by atoms with Crippen LogP contribution in [0.5, 0.6) is 0 Å². The number of benzene rings is 9. The molecule has 0 atom stereocenters. The van der Waals surface area contributed by atoms with Crippen molar-refractivity contribution in [2.45, 2.75) is 0 Å². The lowest BCUT2D eigenvalue weighted by Crippen LogP contribution is -1.95. The lowest BCUT2D eigenvalue weighted by molar-refractivity contribution is 0.664. The molecule has 0 amide bonds. The molecule has 268 valence electrons.